The lowest BCUT2D eigenvalue weighted by Gasteiger charge is -2.11. The van der Waals surface area contributed by atoms with E-state index < -0.39 is 18.5 Å². The molecule has 0 atom stereocenters. The molecule has 0 fully saturated rings. The highest BCUT2D eigenvalue weighted by Crippen LogP contribution is 2.23. The minimum atomic E-state index is -0.646. The molecule has 0 radical (unpaired) electrons. The Bertz CT molecular complexity index is 920. The maximum absolute atomic E-state index is 12.4. The first-order valence-electron chi connectivity index (χ1n) is 8.87. The van der Waals surface area contributed by atoms with Crippen molar-refractivity contribution in [3.05, 3.63) is 59.7 Å². The quantitative estimate of drug-likeness (QED) is 0.511. The van der Waals surface area contributed by atoms with Crippen LogP contribution in [0, 0.1) is 11.3 Å². The minimum absolute atomic E-state index is 0.0397. The number of nitriles is 1. The first-order chi connectivity index (χ1) is 13.9. The molecule has 29 heavy (non-hydrogen) atoms. The Balaban J connectivity index is 1.90. The van der Waals surface area contributed by atoms with Crippen molar-refractivity contribution >= 4 is 35.2 Å². The van der Waals surface area contributed by atoms with Gasteiger partial charge in [0.1, 0.15) is 0 Å². The van der Waals surface area contributed by atoms with Crippen LogP contribution < -0.4 is 10.6 Å². The standard InChI is InChI=1S/C21H21N3O4S/c1-14(2)23-20(26)13-29-18-6-4-3-5-17(18)21(27)28-12-19(25)24-16-9-7-15(11-22)8-10-16/h3-10,14H,12-13H2,1-2H3,(H,23,26)(H,24,25). The fourth-order valence-corrected chi connectivity index (χ4v) is 3.15. The van der Waals surface area contributed by atoms with Gasteiger partial charge in [-0.15, -0.1) is 11.8 Å². The Labute approximate surface area is 173 Å². The highest BCUT2D eigenvalue weighted by atomic mass is 32.2. The first kappa shape index (κ1) is 22.0. The molecule has 0 aliphatic rings. The summed E-state index contributed by atoms with van der Waals surface area (Å²) in [5.41, 5.74) is 1.27. The van der Waals surface area contributed by atoms with E-state index in [1.165, 1.54) is 11.8 Å². The number of hydrogen-bond donors (Lipinski definition) is 2. The molecule has 0 saturated heterocycles. The van der Waals surface area contributed by atoms with Crippen molar-refractivity contribution in [2.75, 3.05) is 17.7 Å². The van der Waals surface area contributed by atoms with E-state index in [0.717, 1.165) is 0 Å². The number of nitrogens with zero attached hydrogens (tertiary/aromatic N) is 1. The van der Waals surface area contributed by atoms with E-state index in [4.69, 9.17) is 10.00 Å². The number of hydrogen-bond acceptors (Lipinski definition) is 6. The van der Waals surface area contributed by atoms with Crippen LogP contribution in [0.2, 0.25) is 0 Å². The van der Waals surface area contributed by atoms with Crippen molar-refractivity contribution in [2.24, 2.45) is 0 Å². The molecule has 2 aromatic rings. The maximum atomic E-state index is 12.4. The van der Waals surface area contributed by atoms with Gasteiger partial charge in [-0.05, 0) is 50.2 Å². The van der Waals surface area contributed by atoms with E-state index in [1.807, 2.05) is 19.9 Å². The zero-order chi connectivity index (χ0) is 21.2. The topological polar surface area (TPSA) is 108 Å². The van der Waals surface area contributed by atoms with E-state index in [1.54, 1.807) is 48.5 Å². The van der Waals surface area contributed by atoms with E-state index in [0.29, 0.717) is 21.7 Å². The van der Waals surface area contributed by atoms with Crippen LogP contribution in [0.25, 0.3) is 0 Å². The summed E-state index contributed by atoms with van der Waals surface area (Å²) in [4.78, 5) is 36.8. The highest BCUT2D eigenvalue weighted by molar-refractivity contribution is 8.00. The summed E-state index contributed by atoms with van der Waals surface area (Å²) < 4.78 is 5.10. The predicted octanol–water partition coefficient (Wildman–Crippen LogP) is 2.97. The summed E-state index contributed by atoms with van der Waals surface area (Å²) in [7, 11) is 0. The van der Waals surface area contributed by atoms with Crippen LogP contribution in [-0.2, 0) is 14.3 Å². The van der Waals surface area contributed by atoms with Crippen LogP contribution in [0.5, 0.6) is 0 Å². The largest absolute Gasteiger partial charge is 0.452 e. The summed E-state index contributed by atoms with van der Waals surface area (Å²) in [6.07, 6.45) is 0. The number of thioether (sulfide) groups is 1. The van der Waals surface area contributed by atoms with Crippen molar-refractivity contribution in [3.8, 4) is 6.07 Å². The number of benzene rings is 2. The van der Waals surface area contributed by atoms with Gasteiger partial charge < -0.3 is 15.4 Å². The van der Waals surface area contributed by atoms with E-state index in [9.17, 15) is 14.4 Å². The smallest absolute Gasteiger partial charge is 0.339 e. The van der Waals surface area contributed by atoms with Gasteiger partial charge in [0.15, 0.2) is 6.61 Å². The lowest BCUT2D eigenvalue weighted by molar-refractivity contribution is -0.119. The second-order valence-corrected chi connectivity index (χ2v) is 7.34. The third kappa shape index (κ3) is 7.31. The van der Waals surface area contributed by atoms with Crippen LogP contribution in [0.1, 0.15) is 29.8 Å². The van der Waals surface area contributed by atoms with Gasteiger partial charge in [-0.2, -0.15) is 5.26 Å². The van der Waals surface area contributed by atoms with Crippen LogP contribution in [0.15, 0.2) is 53.4 Å². The van der Waals surface area contributed by atoms with E-state index in [-0.39, 0.29) is 17.7 Å². The number of esters is 1. The van der Waals surface area contributed by atoms with Gasteiger partial charge >= 0.3 is 5.97 Å². The SMILES string of the molecule is CC(C)NC(=O)CSc1ccccc1C(=O)OCC(=O)Nc1ccc(C#N)cc1. The Morgan fingerprint density at radius 2 is 1.76 bits per heavy atom. The molecule has 8 heteroatoms. The van der Waals surface area contributed by atoms with Gasteiger partial charge in [-0.3, -0.25) is 9.59 Å². The molecule has 2 N–H and O–H groups in total. The van der Waals surface area contributed by atoms with Gasteiger partial charge in [0, 0.05) is 16.6 Å². The molecule has 0 saturated carbocycles. The predicted molar refractivity (Wildman–Crippen MR) is 111 cm³/mol. The third-order valence-corrected chi connectivity index (χ3v) is 4.62. The Kier molecular flexibility index (Phi) is 8.25. The normalized spacial score (nSPS) is 10.1. The van der Waals surface area contributed by atoms with Crippen molar-refractivity contribution in [2.45, 2.75) is 24.8 Å². The van der Waals surface area contributed by atoms with Crippen molar-refractivity contribution < 1.29 is 19.1 Å². The highest BCUT2D eigenvalue weighted by Gasteiger charge is 2.16. The molecule has 0 spiro atoms. The monoisotopic (exact) mass is 411 g/mol. The number of nitrogens with one attached hydrogen (secondary N) is 2. The third-order valence-electron chi connectivity index (χ3n) is 3.55. The molecule has 0 bridgehead atoms. The van der Waals surface area contributed by atoms with E-state index >= 15 is 0 Å². The van der Waals surface area contributed by atoms with Gasteiger partial charge in [-0.1, -0.05) is 12.1 Å². The van der Waals surface area contributed by atoms with Crippen LogP contribution in [-0.4, -0.2) is 36.2 Å². The lowest BCUT2D eigenvalue weighted by Crippen LogP contribution is -2.31. The summed E-state index contributed by atoms with van der Waals surface area (Å²) in [6, 6.07) is 15.1. The second-order valence-electron chi connectivity index (χ2n) is 6.32. The molecule has 2 rings (SSSR count). The molecular weight excluding hydrogens is 390 g/mol. The Morgan fingerprint density at radius 1 is 1.07 bits per heavy atom. The number of amides is 2. The zero-order valence-electron chi connectivity index (χ0n) is 16.1. The molecule has 0 heterocycles. The lowest BCUT2D eigenvalue weighted by atomic mass is 10.2. The van der Waals surface area contributed by atoms with Crippen LogP contribution in [0.4, 0.5) is 5.69 Å². The average Bonchev–Trinajstić information content (AvgIpc) is 2.71. The molecule has 150 valence electrons. The van der Waals surface area contributed by atoms with Crippen LogP contribution >= 0.6 is 11.8 Å². The number of rotatable bonds is 8. The fraction of sp³-hybridized carbons (Fsp3) is 0.238. The Hall–Kier alpha value is -3.31. The average molecular weight is 411 g/mol. The van der Waals surface area contributed by atoms with Gasteiger partial charge in [-0.25, -0.2) is 4.79 Å². The summed E-state index contributed by atoms with van der Waals surface area (Å²) in [6.45, 7) is 3.29. The number of carbonyl (C=O) groups is 3. The van der Waals surface area contributed by atoms with Crippen molar-refractivity contribution in [1.82, 2.24) is 5.32 Å². The summed E-state index contributed by atoms with van der Waals surface area (Å²) >= 11 is 1.23. The maximum Gasteiger partial charge on any atom is 0.339 e. The summed E-state index contributed by atoms with van der Waals surface area (Å²) in [5, 5.41) is 14.1. The molecule has 0 aliphatic carbocycles. The number of carbonyl (C=O) groups excluding carboxylic acids is 3. The molecule has 0 unspecified atom stereocenters. The fourth-order valence-electron chi connectivity index (χ4n) is 2.30. The Morgan fingerprint density at radius 3 is 2.41 bits per heavy atom. The molecule has 0 aliphatic heterocycles. The summed E-state index contributed by atoms with van der Waals surface area (Å²) in [5.74, 6) is -1.10. The zero-order valence-corrected chi connectivity index (χ0v) is 16.9. The minimum Gasteiger partial charge on any atom is -0.452 e. The van der Waals surface area contributed by atoms with Gasteiger partial charge in [0.2, 0.25) is 5.91 Å². The first-order valence-corrected chi connectivity index (χ1v) is 9.86. The second kappa shape index (κ2) is 10.9. The molecular formula is C21H21N3O4S. The molecule has 7 nitrogen and oxygen atoms in total. The van der Waals surface area contributed by atoms with Crippen molar-refractivity contribution in [1.29, 1.82) is 5.26 Å². The molecule has 2 amide bonds. The van der Waals surface area contributed by atoms with Gasteiger partial charge in [0.05, 0.1) is 22.9 Å². The number of anilines is 1. The van der Waals surface area contributed by atoms with Crippen LogP contribution in [0.3, 0.4) is 0 Å². The van der Waals surface area contributed by atoms with E-state index in [2.05, 4.69) is 10.6 Å². The molecule has 2 aromatic carbocycles. The van der Waals surface area contributed by atoms with Crippen molar-refractivity contribution in [3.63, 3.8) is 0 Å². The van der Waals surface area contributed by atoms with Gasteiger partial charge in [0.25, 0.3) is 5.91 Å². The number of ether oxygens (including phenoxy) is 1. The molecule has 0 aromatic heterocycles.